The van der Waals surface area contributed by atoms with Crippen molar-refractivity contribution >= 4 is 24.6 Å². The summed E-state index contributed by atoms with van der Waals surface area (Å²) in [6, 6.07) is 0. The van der Waals surface area contributed by atoms with E-state index >= 15 is 0 Å². The Balaban J connectivity index is 3.43. The second kappa shape index (κ2) is 11.4. The average molecular weight is 276 g/mol. The number of thiol groups is 1. The molecule has 0 amide bonds. The molecule has 0 saturated carbocycles. The largest absolute Gasteiger partial charge is 0.481 e. The molecular weight excluding hydrogens is 252 g/mol. The number of carbonyl (C=O) groups is 2. The van der Waals surface area contributed by atoms with Gasteiger partial charge in [-0.05, 0) is 37.4 Å². The van der Waals surface area contributed by atoms with E-state index in [2.05, 4.69) is 12.6 Å². The van der Waals surface area contributed by atoms with Gasteiger partial charge in [0.1, 0.15) is 0 Å². The highest BCUT2D eigenvalue weighted by Crippen LogP contribution is 2.18. The van der Waals surface area contributed by atoms with Crippen LogP contribution in [0.4, 0.5) is 0 Å². The van der Waals surface area contributed by atoms with Crippen molar-refractivity contribution in [1.29, 1.82) is 0 Å². The first-order valence-electron chi connectivity index (χ1n) is 6.60. The minimum Gasteiger partial charge on any atom is -0.481 e. The van der Waals surface area contributed by atoms with Crippen molar-refractivity contribution < 1.29 is 19.8 Å². The van der Waals surface area contributed by atoms with Crippen molar-refractivity contribution in [1.82, 2.24) is 0 Å². The van der Waals surface area contributed by atoms with Gasteiger partial charge < -0.3 is 10.2 Å². The Kier molecular flexibility index (Phi) is 10.9. The molecule has 0 bridgehead atoms. The molecule has 4 nitrogen and oxygen atoms in total. The van der Waals surface area contributed by atoms with Gasteiger partial charge in [0, 0.05) is 12.8 Å². The van der Waals surface area contributed by atoms with E-state index < -0.39 is 11.9 Å². The molecule has 0 aromatic rings. The summed E-state index contributed by atoms with van der Waals surface area (Å²) < 4.78 is 0. The summed E-state index contributed by atoms with van der Waals surface area (Å²) in [5, 5.41) is 17.0. The van der Waals surface area contributed by atoms with Gasteiger partial charge >= 0.3 is 11.9 Å². The minimum absolute atomic E-state index is 0.239. The lowest BCUT2D eigenvalue weighted by atomic mass is 9.96. The second-order valence-electron chi connectivity index (χ2n) is 4.68. The smallest absolute Gasteiger partial charge is 0.303 e. The number of aliphatic carboxylic acids is 2. The zero-order valence-electron chi connectivity index (χ0n) is 10.8. The maximum absolute atomic E-state index is 10.4. The van der Waals surface area contributed by atoms with Gasteiger partial charge in [-0.15, -0.1) is 0 Å². The third-order valence-electron chi connectivity index (χ3n) is 3.01. The summed E-state index contributed by atoms with van der Waals surface area (Å²) in [6.07, 6.45) is 7.05. The zero-order valence-corrected chi connectivity index (χ0v) is 11.7. The lowest BCUT2D eigenvalue weighted by molar-refractivity contribution is -0.138. The summed E-state index contributed by atoms with van der Waals surface area (Å²) in [5.74, 6) is -0.167. The molecule has 0 aromatic heterocycles. The molecule has 0 aromatic carbocycles. The molecule has 0 rings (SSSR count). The molecule has 2 N–H and O–H groups in total. The SMILES string of the molecule is O=C(O)CCCCCC[C@H](CS)CCCC(=O)O. The molecule has 0 spiro atoms. The van der Waals surface area contributed by atoms with Gasteiger partial charge in [0.05, 0.1) is 0 Å². The molecule has 0 aliphatic rings. The monoisotopic (exact) mass is 276 g/mol. The molecule has 0 heterocycles. The number of hydrogen-bond acceptors (Lipinski definition) is 3. The Hall–Kier alpha value is -0.710. The van der Waals surface area contributed by atoms with Crippen LogP contribution in [-0.4, -0.2) is 27.9 Å². The second-order valence-corrected chi connectivity index (χ2v) is 5.05. The van der Waals surface area contributed by atoms with E-state index in [0.717, 1.165) is 50.7 Å². The summed E-state index contributed by atoms with van der Waals surface area (Å²) in [7, 11) is 0. The molecule has 0 unspecified atom stereocenters. The van der Waals surface area contributed by atoms with Crippen LogP contribution >= 0.6 is 12.6 Å². The fourth-order valence-electron chi connectivity index (χ4n) is 1.93. The third kappa shape index (κ3) is 11.8. The van der Waals surface area contributed by atoms with Crippen LogP contribution in [0.5, 0.6) is 0 Å². The van der Waals surface area contributed by atoms with Crippen LogP contribution in [0.1, 0.15) is 57.8 Å². The fourth-order valence-corrected chi connectivity index (χ4v) is 2.30. The Labute approximate surface area is 114 Å². The molecule has 1 atom stereocenters. The molecule has 0 aliphatic carbocycles. The van der Waals surface area contributed by atoms with Crippen LogP contribution in [0, 0.1) is 5.92 Å². The lowest BCUT2D eigenvalue weighted by Gasteiger charge is -2.13. The van der Waals surface area contributed by atoms with E-state index in [1.807, 2.05) is 0 Å². The molecule has 0 radical (unpaired) electrons. The number of unbranched alkanes of at least 4 members (excludes halogenated alkanes) is 3. The first-order valence-corrected chi connectivity index (χ1v) is 7.24. The molecular formula is C13H24O4S. The molecule has 5 heteroatoms. The van der Waals surface area contributed by atoms with Crippen molar-refractivity contribution in [3.05, 3.63) is 0 Å². The van der Waals surface area contributed by atoms with Gasteiger partial charge in [-0.1, -0.05) is 19.3 Å². The van der Waals surface area contributed by atoms with E-state index in [1.54, 1.807) is 0 Å². The first-order chi connectivity index (χ1) is 8.56. The Morgan fingerprint density at radius 2 is 1.33 bits per heavy atom. The quantitative estimate of drug-likeness (QED) is 0.378. The predicted octanol–water partition coefficient (Wildman–Crippen LogP) is 3.21. The molecule has 18 heavy (non-hydrogen) atoms. The highest BCUT2D eigenvalue weighted by molar-refractivity contribution is 7.80. The highest BCUT2D eigenvalue weighted by Gasteiger charge is 2.08. The van der Waals surface area contributed by atoms with Gasteiger partial charge in [0.25, 0.3) is 0 Å². The highest BCUT2D eigenvalue weighted by atomic mass is 32.1. The van der Waals surface area contributed by atoms with Crippen LogP contribution in [0.3, 0.4) is 0 Å². The molecule has 0 fully saturated rings. The van der Waals surface area contributed by atoms with E-state index in [-0.39, 0.29) is 12.8 Å². The van der Waals surface area contributed by atoms with Crippen molar-refractivity contribution in [2.24, 2.45) is 5.92 Å². The predicted molar refractivity (Wildman–Crippen MR) is 74.2 cm³/mol. The fraction of sp³-hybridized carbons (Fsp3) is 0.846. The third-order valence-corrected chi connectivity index (χ3v) is 3.53. The van der Waals surface area contributed by atoms with Gasteiger partial charge in [0.15, 0.2) is 0 Å². The van der Waals surface area contributed by atoms with E-state index in [0.29, 0.717) is 5.92 Å². The maximum atomic E-state index is 10.4. The lowest BCUT2D eigenvalue weighted by Crippen LogP contribution is -2.04. The Bertz CT molecular complexity index is 243. The Morgan fingerprint density at radius 3 is 1.89 bits per heavy atom. The summed E-state index contributed by atoms with van der Waals surface area (Å²) in [4.78, 5) is 20.7. The number of hydrogen-bond donors (Lipinski definition) is 3. The first kappa shape index (κ1) is 17.3. The van der Waals surface area contributed by atoms with Crippen molar-refractivity contribution in [2.45, 2.75) is 57.8 Å². The molecule has 106 valence electrons. The van der Waals surface area contributed by atoms with Crippen LogP contribution in [0.15, 0.2) is 0 Å². The number of carboxylic acid groups (broad SMARTS) is 2. The standard InChI is InChI=1S/C13H24O4S/c14-12(15)8-4-2-1-3-6-11(10-18)7-5-9-13(16)17/h11,18H,1-10H2,(H,14,15)(H,16,17)/t11-/m0/s1. The van der Waals surface area contributed by atoms with Crippen LogP contribution < -0.4 is 0 Å². The van der Waals surface area contributed by atoms with Gasteiger partial charge in [-0.2, -0.15) is 12.6 Å². The van der Waals surface area contributed by atoms with Crippen LogP contribution in [-0.2, 0) is 9.59 Å². The number of carboxylic acids is 2. The van der Waals surface area contributed by atoms with Crippen molar-refractivity contribution in [2.75, 3.05) is 5.75 Å². The van der Waals surface area contributed by atoms with Gasteiger partial charge in [0.2, 0.25) is 0 Å². The number of rotatable bonds is 12. The normalized spacial score (nSPS) is 12.3. The topological polar surface area (TPSA) is 74.6 Å². The van der Waals surface area contributed by atoms with Crippen molar-refractivity contribution in [3.63, 3.8) is 0 Å². The Morgan fingerprint density at radius 1 is 0.833 bits per heavy atom. The van der Waals surface area contributed by atoms with E-state index in [9.17, 15) is 9.59 Å². The summed E-state index contributed by atoms with van der Waals surface area (Å²) in [5.41, 5.74) is 0. The molecule has 0 saturated heterocycles. The zero-order chi connectivity index (χ0) is 13.8. The minimum atomic E-state index is -0.735. The maximum Gasteiger partial charge on any atom is 0.303 e. The molecule has 0 aliphatic heterocycles. The van der Waals surface area contributed by atoms with Crippen LogP contribution in [0.2, 0.25) is 0 Å². The van der Waals surface area contributed by atoms with Gasteiger partial charge in [-0.25, -0.2) is 0 Å². The van der Waals surface area contributed by atoms with E-state index in [1.165, 1.54) is 0 Å². The summed E-state index contributed by atoms with van der Waals surface area (Å²) >= 11 is 4.29. The van der Waals surface area contributed by atoms with Crippen LogP contribution in [0.25, 0.3) is 0 Å². The summed E-state index contributed by atoms with van der Waals surface area (Å²) in [6.45, 7) is 0. The average Bonchev–Trinajstić information content (AvgIpc) is 2.30. The van der Waals surface area contributed by atoms with Gasteiger partial charge in [-0.3, -0.25) is 9.59 Å². The van der Waals surface area contributed by atoms with Crippen molar-refractivity contribution in [3.8, 4) is 0 Å². The van der Waals surface area contributed by atoms with E-state index in [4.69, 9.17) is 10.2 Å².